The molecule has 0 bridgehead atoms. The Morgan fingerprint density at radius 1 is 1.28 bits per heavy atom. The number of hydrogen-bond donors (Lipinski definition) is 1. The number of aromatic nitrogens is 1. The van der Waals surface area contributed by atoms with E-state index in [2.05, 4.69) is 47.6 Å². The first-order valence-electron chi connectivity index (χ1n) is 7.87. The number of anilines is 1. The van der Waals surface area contributed by atoms with Crippen molar-refractivity contribution >= 4 is 34.2 Å². The van der Waals surface area contributed by atoms with Gasteiger partial charge in [-0.3, -0.25) is 0 Å². The van der Waals surface area contributed by atoms with Gasteiger partial charge in [-0.15, -0.1) is 11.3 Å². The van der Waals surface area contributed by atoms with Gasteiger partial charge >= 0.3 is 0 Å². The summed E-state index contributed by atoms with van der Waals surface area (Å²) in [7, 11) is 0. The lowest BCUT2D eigenvalue weighted by atomic mass is 10.1. The third kappa shape index (κ3) is 4.27. The fraction of sp³-hybridized carbons (Fsp3) is 0.100. The highest BCUT2D eigenvalue weighted by atomic mass is 35.5. The minimum atomic E-state index is 0.487. The van der Waals surface area contributed by atoms with Crippen LogP contribution >= 0.6 is 22.9 Å². The van der Waals surface area contributed by atoms with E-state index in [1.54, 1.807) is 18.3 Å². The van der Waals surface area contributed by atoms with Crippen LogP contribution in [0.1, 0.15) is 17.5 Å². The topological polar surface area (TPSA) is 48.7 Å². The number of nitrogens with zero attached hydrogens (tertiary/aromatic N) is 2. The van der Waals surface area contributed by atoms with Crippen LogP contribution in [0.15, 0.2) is 60.1 Å². The lowest BCUT2D eigenvalue weighted by Gasteiger charge is -2.02. The van der Waals surface area contributed by atoms with Gasteiger partial charge in [0.2, 0.25) is 0 Å². The van der Waals surface area contributed by atoms with Crippen LogP contribution in [0.4, 0.5) is 5.69 Å². The summed E-state index contributed by atoms with van der Waals surface area (Å²) >= 11 is 7.43. The zero-order valence-electron chi connectivity index (χ0n) is 13.7. The van der Waals surface area contributed by atoms with Crippen molar-refractivity contribution in [2.24, 2.45) is 0 Å². The van der Waals surface area contributed by atoms with E-state index in [-0.39, 0.29) is 0 Å². The molecule has 0 radical (unpaired) electrons. The summed E-state index contributed by atoms with van der Waals surface area (Å²) in [6, 6.07) is 17.9. The predicted octanol–water partition coefficient (Wildman–Crippen LogP) is 6.00. The Labute approximate surface area is 156 Å². The molecule has 3 nitrogen and oxygen atoms in total. The SMILES string of the molecule is CCc1ccc(-c2csc(/C(C#N)=C/Nc3cccc(Cl)c3)n2)cc1. The molecule has 3 rings (SSSR count). The molecular formula is C20H16ClN3S. The number of aryl methyl sites for hydroxylation is 1. The highest BCUT2D eigenvalue weighted by Gasteiger charge is 2.09. The largest absolute Gasteiger partial charge is 0.360 e. The van der Waals surface area contributed by atoms with Gasteiger partial charge in [0.15, 0.2) is 0 Å². The molecule has 0 spiro atoms. The average molecular weight is 366 g/mol. The van der Waals surface area contributed by atoms with E-state index in [0.717, 1.165) is 23.4 Å². The van der Waals surface area contributed by atoms with Crippen molar-refractivity contribution in [2.45, 2.75) is 13.3 Å². The van der Waals surface area contributed by atoms with Crippen LogP contribution in [0.25, 0.3) is 16.8 Å². The molecule has 0 atom stereocenters. The van der Waals surface area contributed by atoms with E-state index in [1.807, 2.05) is 17.5 Å². The van der Waals surface area contributed by atoms with E-state index < -0.39 is 0 Å². The normalized spacial score (nSPS) is 11.2. The molecule has 1 heterocycles. The van der Waals surface area contributed by atoms with Gasteiger partial charge in [0.25, 0.3) is 0 Å². The molecule has 3 aromatic rings. The van der Waals surface area contributed by atoms with Crippen molar-refractivity contribution in [1.29, 1.82) is 5.26 Å². The van der Waals surface area contributed by atoms with Crippen molar-refractivity contribution < 1.29 is 0 Å². The van der Waals surface area contributed by atoms with Crippen molar-refractivity contribution in [3.8, 4) is 17.3 Å². The van der Waals surface area contributed by atoms with Crippen LogP contribution in [0.5, 0.6) is 0 Å². The van der Waals surface area contributed by atoms with Gasteiger partial charge in [-0.1, -0.05) is 48.9 Å². The zero-order valence-corrected chi connectivity index (χ0v) is 15.2. The van der Waals surface area contributed by atoms with E-state index in [0.29, 0.717) is 15.6 Å². The van der Waals surface area contributed by atoms with Crippen molar-refractivity contribution in [2.75, 3.05) is 5.32 Å². The van der Waals surface area contributed by atoms with Gasteiger partial charge in [-0.2, -0.15) is 5.26 Å². The molecule has 0 fully saturated rings. The van der Waals surface area contributed by atoms with Crippen LogP contribution in [0.3, 0.4) is 0 Å². The molecule has 0 aliphatic heterocycles. The van der Waals surface area contributed by atoms with E-state index in [1.165, 1.54) is 16.9 Å². The van der Waals surface area contributed by atoms with Gasteiger partial charge in [0, 0.05) is 27.9 Å². The lowest BCUT2D eigenvalue weighted by Crippen LogP contribution is -1.91. The summed E-state index contributed by atoms with van der Waals surface area (Å²) in [5.74, 6) is 0. The minimum absolute atomic E-state index is 0.487. The molecule has 0 saturated heterocycles. The maximum Gasteiger partial charge on any atom is 0.136 e. The van der Waals surface area contributed by atoms with Gasteiger partial charge < -0.3 is 5.32 Å². The average Bonchev–Trinajstić information content (AvgIpc) is 3.12. The van der Waals surface area contributed by atoms with Crippen LogP contribution < -0.4 is 5.32 Å². The summed E-state index contributed by atoms with van der Waals surface area (Å²) in [6.45, 7) is 2.13. The molecule has 0 amide bonds. The highest BCUT2D eigenvalue weighted by molar-refractivity contribution is 7.11. The molecule has 1 N–H and O–H groups in total. The number of hydrogen-bond acceptors (Lipinski definition) is 4. The fourth-order valence-electron chi connectivity index (χ4n) is 2.32. The smallest absolute Gasteiger partial charge is 0.136 e. The van der Waals surface area contributed by atoms with Gasteiger partial charge in [0.1, 0.15) is 16.6 Å². The Balaban J connectivity index is 1.81. The molecule has 0 aliphatic rings. The number of halogens is 1. The summed E-state index contributed by atoms with van der Waals surface area (Å²) in [5, 5.41) is 15.8. The second-order valence-electron chi connectivity index (χ2n) is 5.41. The van der Waals surface area contributed by atoms with Gasteiger partial charge in [-0.05, 0) is 30.2 Å². The molecule has 25 heavy (non-hydrogen) atoms. The number of allylic oxidation sites excluding steroid dienone is 1. The molecule has 1 aromatic heterocycles. The number of nitrogens with one attached hydrogen (secondary N) is 1. The third-order valence-electron chi connectivity index (χ3n) is 3.72. The van der Waals surface area contributed by atoms with Gasteiger partial charge in [-0.25, -0.2) is 4.98 Å². The molecule has 5 heteroatoms. The van der Waals surface area contributed by atoms with Crippen LogP contribution in [0.2, 0.25) is 5.02 Å². The van der Waals surface area contributed by atoms with Gasteiger partial charge in [0.05, 0.1) is 5.69 Å². The summed E-state index contributed by atoms with van der Waals surface area (Å²) < 4.78 is 0. The first kappa shape index (κ1) is 17.2. The van der Waals surface area contributed by atoms with Crippen molar-refractivity contribution in [3.63, 3.8) is 0 Å². The van der Waals surface area contributed by atoms with E-state index in [4.69, 9.17) is 11.6 Å². The molecule has 2 aromatic carbocycles. The summed E-state index contributed by atoms with van der Waals surface area (Å²) in [4.78, 5) is 4.60. The molecule has 0 aliphatic carbocycles. The highest BCUT2D eigenvalue weighted by Crippen LogP contribution is 2.26. The maximum absolute atomic E-state index is 9.44. The van der Waals surface area contributed by atoms with Crippen molar-refractivity contribution in [3.05, 3.63) is 75.7 Å². The van der Waals surface area contributed by atoms with E-state index in [9.17, 15) is 5.26 Å². The predicted molar refractivity (Wildman–Crippen MR) is 106 cm³/mol. The lowest BCUT2D eigenvalue weighted by molar-refractivity contribution is 1.14. The van der Waals surface area contributed by atoms with Crippen LogP contribution in [0, 0.1) is 11.3 Å². The minimum Gasteiger partial charge on any atom is -0.360 e. The summed E-state index contributed by atoms with van der Waals surface area (Å²) in [5.41, 5.74) is 4.54. The van der Waals surface area contributed by atoms with E-state index >= 15 is 0 Å². The molecule has 0 unspecified atom stereocenters. The Morgan fingerprint density at radius 2 is 2.08 bits per heavy atom. The summed E-state index contributed by atoms with van der Waals surface area (Å²) in [6.07, 6.45) is 2.67. The quantitative estimate of drug-likeness (QED) is 0.564. The standard InChI is InChI=1S/C20H16ClN3S/c1-2-14-6-8-15(9-7-14)19-13-25-20(24-19)16(11-22)12-23-18-5-3-4-17(21)10-18/h3-10,12-13,23H,2H2,1H3/b16-12+. The molecule has 0 saturated carbocycles. The molecular weight excluding hydrogens is 350 g/mol. The first-order chi connectivity index (χ1) is 12.2. The van der Waals surface area contributed by atoms with Crippen LogP contribution in [-0.4, -0.2) is 4.98 Å². The number of thiazole rings is 1. The number of nitriles is 1. The Morgan fingerprint density at radius 3 is 2.76 bits per heavy atom. The molecule has 124 valence electrons. The third-order valence-corrected chi connectivity index (χ3v) is 4.83. The second-order valence-corrected chi connectivity index (χ2v) is 6.71. The zero-order chi connectivity index (χ0) is 17.6. The first-order valence-corrected chi connectivity index (χ1v) is 9.13. The monoisotopic (exact) mass is 365 g/mol. The number of benzene rings is 2. The Kier molecular flexibility index (Phi) is 5.49. The maximum atomic E-state index is 9.44. The number of rotatable bonds is 5. The fourth-order valence-corrected chi connectivity index (χ4v) is 3.30. The Bertz CT molecular complexity index is 936. The Hall–Kier alpha value is -2.61. The second kappa shape index (κ2) is 7.98. The van der Waals surface area contributed by atoms with Crippen molar-refractivity contribution in [1.82, 2.24) is 4.98 Å². The van der Waals surface area contributed by atoms with Crippen LogP contribution in [-0.2, 0) is 6.42 Å².